The molecule has 1 aromatic rings. The molecular weight excluding hydrogens is 210 g/mol. The number of benzene rings is 1. The molecule has 0 aliphatic carbocycles. The minimum atomic E-state index is 0.181. The number of hydrogen-bond donors (Lipinski definition) is 1. The monoisotopic (exact) mass is 225 g/mol. The summed E-state index contributed by atoms with van der Waals surface area (Å²) in [6.07, 6.45) is 0. The van der Waals surface area contributed by atoms with E-state index in [2.05, 4.69) is 11.9 Å². The van der Waals surface area contributed by atoms with Gasteiger partial charge in [0.05, 0.1) is 6.04 Å². The highest BCUT2D eigenvalue weighted by Crippen LogP contribution is 2.16. The van der Waals surface area contributed by atoms with Gasteiger partial charge in [0.25, 0.3) is 0 Å². The van der Waals surface area contributed by atoms with Crippen LogP contribution in [0.2, 0.25) is 5.02 Å². The van der Waals surface area contributed by atoms with Crippen molar-refractivity contribution in [1.82, 2.24) is 5.32 Å². The van der Waals surface area contributed by atoms with Gasteiger partial charge in [0.2, 0.25) is 0 Å². The van der Waals surface area contributed by atoms with Crippen LogP contribution in [0.15, 0.2) is 36.4 Å². The Kier molecular flexibility index (Phi) is 4.66. The van der Waals surface area contributed by atoms with Crippen LogP contribution >= 0.6 is 11.6 Å². The highest BCUT2D eigenvalue weighted by Gasteiger charge is 2.06. The van der Waals surface area contributed by atoms with Crippen molar-refractivity contribution in [3.63, 3.8) is 0 Å². The van der Waals surface area contributed by atoms with Gasteiger partial charge in [-0.3, -0.25) is 0 Å². The second-order valence-corrected chi connectivity index (χ2v) is 3.89. The fraction of sp³-hybridized carbons (Fsp3) is 0.333. The van der Waals surface area contributed by atoms with Gasteiger partial charge in [-0.1, -0.05) is 23.8 Å². The molecule has 0 aliphatic heterocycles. The Hall–Kier alpha value is -0.990. The van der Waals surface area contributed by atoms with Gasteiger partial charge in [0.1, 0.15) is 12.4 Å². The third-order valence-corrected chi connectivity index (χ3v) is 2.43. The molecule has 0 saturated heterocycles. The van der Waals surface area contributed by atoms with Crippen LogP contribution in [-0.2, 0) is 0 Å². The van der Waals surface area contributed by atoms with E-state index < -0.39 is 0 Å². The SMILES string of the molecule is C=C(C)C(COc1ccc(Cl)cc1)NC. The highest BCUT2D eigenvalue weighted by molar-refractivity contribution is 6.30. The third kappa shape index (κ3) is 3.94. The van der Waals surface area contributed by atoms with Crippen LogP contribution in [0.3, 0.4) is 0 Å². The first-order chi connectivity index (χ1) is 7.13. The molecule has 0 radical (unpaired) electrons. The molecule has 0 spiro atoms. The first-order valence-electron chi connectivity index (χ1n) is 4.84. The first kappa shape index (κ1) is 12.1. The molecule has 0 amide bonds. The van der Waals surface area contributed by atoms with Crippen molar-refractivity contribution in [2.45, 2.75) is 13.0 Å². The average molecular weight is 226 g/mol. The zero-order valence-corrected chi connectivity index (χ0v) is 9.84. The van der Waals surface area contributed by atoms with Crippen LogP contribution in [0.4, 0.5) is 0 Å². The van der Waals surface area contributed by atoms with Gasteiger partial charge < -0.3 is 10.1 Å². The summed E-state index contributed by atoms with van der Waals surface area (Å²) in [4.78, 5) is 0. The molecule has 1 aromatic carbocycles. The molecule has 1 N–H and O–H groups in total. The van der Waals surface area contributed by atoms with E-state index >= 15 is 0 Å². The van der Waals surface area contributed by atoms with Gasteiger partial charge in [-0.25, -0.2) is 0 Å². The molecule has 1 atom stereocenters. The molecule has 1 rings (SSSR count). The Morgan fingerprint density at radius 2 is 2.07 bits per heavy atom. The van der Waals surface area contributed by atoms with Crippen LogP contribution in [0.1, 0.15) is 6.92 Å². The summed E-state index contributed by atoms with van der Waals surface area (Å²) in [5.41, 5.74) is 1.06. The smallest absolute Gasteiger partial charge is 0.119 e. The maximum atomic E-state index is 5.77. The van der Waals surface area contributed by atoms with Crippen molar-refractivity contribution >= 4 is 11.6 Å². The minimum absolute atomic E-state index is 0.181. The van der Waals surface area contributed by atoms with Gasteiger partial charge in [-0.15, -0.1) is 0 Å². The predicted octanol–water partition coefficient (Wildman–Crippen LogP) is 2.88. The lowest BCUT2D eigenvalue weighted by Crippen LogP contribution is -2.32. The topological polar surface area (TPSA) is 21.3 Å². The summed E-state index contributed by atoms with van der Waals surface area (Å²) in [6, 6.07) is 7.51. The Morgan fingerprint density at radius 1 is 1.47 bits per heavy atom. The number of ether oxygens (including phenoxy) is 1. The molecule has 3 heteroatoms. The largest absolute Gasteiger partial charge is 0.492 e. The van der Waals surface area contributed by atoms with Crippen LogP contribution < -0.4 is 10.1 Å². The Bertz CT molecular complexity index is 321. The van der Waals surface area contributed by atoms with E-state index in [0.29, 0.717) is 11.6 Å². The van der Waals surface area contributed by atoms with Gasteiger partial charge in [-0.2, -0.15) is 0 Å². The van der Waals surface area contributed by atoms with Gasteiger partial charge in [0, 0.05) is 5.02 Å². The van der Waals surface area contributed by atoms with Gasteiger partial charge in [-0.05, 0) is 38.2 Å². The summed E-state index contributed by atoms with van der Waals surface area (Å²) in [5.74, 6) is 0.820. The van der Waals surface area contributed by atoms with Crippen molar-refractivity contribution in [1.29, 1.82) is 0 Å². The second-order valence-electron chi connectivity index (χ2n) is 3.45. The van der Waals surface area contributed by atoms with Gasteiger partial charge in [0.15, 0.2) is 0 Å². The van der Waals surface area contributed by atoms with Crippen LogP contribution in [0.25, 0.3) is 0 Å². The van der Waals surface area contributed by atoms with Crippen molar-refractivity contribution in [2.75, 3.05) is 13.7 Å². The zero-order chi connectivity index (χ0) is 11.3. The van der Waals surface area contributed by atoms with Crippen LogP contribution in [0.5, 0.6) is 5.75 Å². The van der Waals surface area contributed by atoms with E-state index in [1.165, 1.54) is 0 Å². The Labute approximate surface area is 95.9 Å². The van der Waals surface area contributed by atoms with E-state index in [4.69, 9.17) is 16.3 Å². The van der Waals surface area contributed by atoms with E-state index in [-0.39, 0.29) is 6.04 Å². The number of halogens is 1. The average Bonchev–Trinajstić information content (AvgIpc) is 2.21. The lowest BCUT2D eigenvalue weighted by Gasteiger charge is -2.16. The fourth-order valence-electron chi connectivity index (χ4n) is 1.18. The Morgan fingerprint density at radius 3 is 2.53 bits per heavy atom. The lowest BCUT2D eigenvalue weighted by molar-refractivity contribution is 0.287. The fourth-order valence-corrected chi connectivity index (χ4v) is 1.31. The van der Waals surface area contributed by atoms with Crippen molar-refractivity contribution in [3.8, 4) is 5.75 Å². The summed E-state index contributed by atoms with van der Waals surface area (Å²) in [5, 5.41) is 3.85. The van der Waals surface area contributed by atoms with Crippen molar-refractivity contribution in [3.05, 3.63) is 41.4 Å². The van der Waals surface area contributed by atoms with Crippen LogP contribution in [0, 0.1) is 0 Å². The predicted molar refractivity (Wildman–Crippen MR) is 64.6 cm³/mol. The summed E-state index contributed by atoms with van der Waals surface area (Å²) >= 11 is 5.77. The first-order valence-corrected chi connectivity index (χ1v) is 5.22. The number of likely N-dealkylation sites (N-methyl/N-ethyl adjacent to an activating group) is 1. The molecule has 0 bridgehead atoms. The number of hydrogen-bond acceptors (Lipinski definition) is 2. The quantitative estimate of drug-likeness (QED) is 0.779. The number of nitrogens with one attached hydrogen (secondary N) is 1. The molecular formula is C12H16ClNO. The number of rotatable bonds is 5. The molecule has 0 aliphatic rings. The molecule has 0 saturated carbocycles. The maximum Gasteiger partial charge on any atom is 0.119 e. The molecule has 0 fully saturated rings. The Balaban J connectivity index is 2.49. The maximum absolute atomic E-state index is 5.77. The molecule has 0 aromatic heterocycles. The second kappa shape index (κ2) is 5.79. The molecule has 15 heavy (non-hydrogen) atoms. The highest BCUT2D eigenvalue weighted by atomic mass is 35.5. The molecule has 82 valence electrons. The van der Waals surface area contributed by atoms with E-state index in [9.17, 15) is 0 Å². The van der Waals surface area contributed by atoms with E-state index in [1.54, 1.807) is 0 Å². The summed E-state index contributed by atoms with van der Waals surface area (Å²) < 4.78 is 5.59. The normalized spacial score (nSPS) is 12.2. The molecule has 0 heterocycles. The zero-order valence-electron chi connectivity index (χ0n) is 9.09. The molecule has 2 nitrogen and oxygen atoms in total. The standard InChI is InChI=1S/C12H16ClNO/c1-9(2)12(14-3)8-15-11-6-4-10(13)5-7-11/h4-7,12,14H,1,8H2,2-3H3. The minimum Gasteiger partial charge on any atom is -0.492 e. The lowest BCUT2D eigenvalue weighted by atomic mass is 10.2. The van der Waals surface area contributed by atoms with Gasteiger partial charge >= 0.3 is 0 Å². The van der Waals surface area contributed by atoms with E-state index in [0.717, 1.165) is 11.3 Å². The van der Waals surface area contributed by atoms with E-state index in [1.807, 2.05) is 38.2 Å². The van der Waals surface area contributed by atoms with Crippen molar-refractivity contribution < 1.29 is 4.74 Å². The third-order valence-electron chi connectivity index (χ3n) is 2.17. The van der Waals surface area contributed by atoms with Crippen molar-refractivity contribution in [2.24, 2.45) is 0 Å². The summed E-state index contributed by atoms with van der Waals surface area (Å²) in [6.45, 7) is 6.44. The van der Waals surface area contributed by atoms with Crippen LogP contribution in [-0.4, -0.2) is 19.7 Å². The summed E-state index contributed by atoms with van der Waals surface area (Å²) in [7, 11) is 1.89. The molecule has 1 unspecified atom stereocenters.